The summed E-state index contributed by atoms with van der Waals surface area (Å²) in [6, 6.07) is 4.93. The molecule has 3 nitrogen and oxygen atoms in total. The van der Waals surface area contributed by atoms with E-state index in [1.54, 1.807) is 18.2 Å². The average molecular weight is 265 g/mol. The number of rotatable bonds is 6. The van der Waals surface area contributed by atoms with Gasteiger partial charge in [0, 0.05) is 11.6 Å². The third kappa shape index (κ3) is 4.58. The van der Waals surface area contributed by atoms with Crippen LogP contribution in [0.15, 0.2) is 18.2 Å². The van der Waals surface area contributed by atoms with E-state index in [0.29, 0.717) is 22.4 Å². The maximum Gasteiger partial charge on any atom is 0.138 e. The SMILES string of the molecule is CCOC[C@@H](O)COc1ccc(Cl)cc1Cl. The fourth-order valence-corrected chi connectivity index (χ4v) is 1.54. The molecule has 0 aliphatic rings. The largest absolute Gasteiger partial charge is 0.489 e. The number of benzene rings is 1. The zero-order valence-electron chi connectivity index (χ0n) is 8.95. The van der Waals surface area contributed by atoms with Crippen LogP contribution in [-0.4, -0.2) is 31.0 Å². The van der Waals surface area contributed by atoms with Crippen molar-refractivity contribution in [1.29, 1.82) is 0 Å². The lowest BCUT2D eigenvalue weighted by Gasteiger charge is -2.13. The number of halogens is 2. The monoisotopic (exact) mass is 264 g/mol. The van der Waals surface area contributed by atoms with Crippen molar-refractivity contribution in [1.82, 2.24) is 0 Å². The Labute approximate surface area is 105 Å². The lowest BCUT2D eigenvalue weighted by atomic mass is 10.3. The highest BCUT2D eigenvalue weighted by Gasteiger charge is 2.07. The molecule has 0 unspecified atom stereocenters. The molecule has 1 atom stereocenters. The molecule has 1 rings (SSSR count). The first-order valence-corrected chi connectivity index (χ1v) is 5.72. The minimum Gasteiger partial charge on any atom is -0.489 e. The standard InChI is InChI=1S/C11H14Cl2O3/c1-2-15-6-9(14)7-16-11-4-3-8(12)5-10(11)13/h3-5,9,14H,2,6-7H2,1H3/t9-/m1/s1. The van der Waals surface area contributed by atoms with Gasteiger partial charge in [0.25, 0.3) is 0 Å². The molecule has 0 radical (unpaired) electrons. The van der Waals surface area contributed by atoms with Gasteiger partial charge in [-0.3, -0.25) is 0 Å². The number of hydrogen-bond acceptors (Lipinski definition) is 3. The van der Waals surface area contributed by atoms with Crippen molar-refractivity contribution in [2.75, 3.05) is 19.8 Å². The Morgan fingerprint density at radius 1 is 1.31 bits per heavy atom. The highest BCUT2D eigenvalue weighted by Crippen LogP contribution is 2.27. The van der Waals surface area contributed by atoms with E-state index in [9.17, 15) is 5.11 Å². The Morgan fingerprint density at radius 3 is 2.69 bits per heavy atom. The van der Waals surface area contributed by atoms with E-state index in [-0.39, 0.29) is 13.2 Å². The van der Waals surface area contributed by atoms with Crippen molar-refractivity contribution in [3.63, 3.8) is 0 Å². The Kier molecular flexibility index (Phi) is 5.91. The van der Waals surface area contributed by atoms with Gasteiger partial charge in [0.15, 0.2) is 0 Å². The van der Waals surface area contributed by atoms with Crippen LogP contribution in [0.1, 0.15) is 6.92 Å². The predicted octanol–water partition coefficient (Wildman–Crippen LogP) is 2.77. The number of aliphatic hydroxyl groups excluding tert-OH is 1. The van der Waals surface area contributed by atoms with Crippen molar-refractivity contribution in [2.45, 2.75) is 13.0 Å². The molecule has 0 aliphatic heterocycles. The van der Waals surface area contributed by atoms with E-state index in [4.69, 9.17) is 32.7 Å². The first-order chi connectivity index (χ1) is 7.63. The molecule has 5 heteroatoms. The van der Waals surface area contributed by atoms with Gasteiger partial charge in [-0.25, -0.2) is 0 Å². The summed E-state index contributed by atoms with van der Waals surface area (Å²) < 4.78 is 10.4. The predicted molar refractivity (Wildman–Crippen MR) is 64.5 cm³/mol. The van der Waals surface area contributed by atoms with Crippen molar-refractivity contribution in [3.8, 4) is 5.75 Å². The highest BCUT2D eigenvalue weighted by molar-refractivity contribution is 6.35. The molecule has 90 valence electrons. The zero-order valence-corrected chi connectivity index (χ0v) is 10.5. The molecule has 0 fully saturated rings. The van der Waals surface area contributed by atoms with Crippen LogP contribution in [-0.2, 0) is 4.74 Å². The van der Waals surface area contributed by atoms with E-state index < -0.39 is 6.10 Å². The molecular weight excluding hydrogens is 251 g/mol. The molecular formula is C11H14Cl2O3. The van der Waals surface area contributed by atoms with E-state index in [2.05, 4.69) is 0 Å². The Balaban J connectivity index is 2.42. The number of ether oxygens (including phenoxy) is 2. The first kappa shape index (κ1) is 13.6. The quantitative estimate of drug-likeness (QED) is 0.859. The van der Waals surface area contributed by atoms with Crippen molar-refractivity contribution >= 4 is 23.2 Å². The maximum atomic E-state index is 9.47. The van der Waals surface area contributed by atoms with Crippen LogP contribution in [0.2, 0.25) is 10.0 Å². The zero-order chi connectivity index (χ0) is 12.0. The summed E-state index contributed by atoms with van der Waals surface area (Å²) in [7, 11) is 0. The van der Waals surface area contributed by atoms with Crippen LogP contribution in [0.25, 0.3) is 0 Å². The van der Waals surface area contributed by atoms with Gasteiger partial charge in [-0.1, -0.05) is 23.2 Å². The molecule has 1 aromatic rings. The summed E-state index contributed by atoms with van der Waals surface area (Å²) in [4.78, 5) is 0. The summed E-state index contributed by atoms with van der Waals surface area (Å²) in [5, 5.41) is 10.4. The topological polar surface area (TPSA) is 38.7 Å². The summed E-state index contributed by atoms with van der Waals surface area (Å²) in [5.74, 6) is 0.501. The van der Waals surface area contributed by atoms with Gasteiger partial charge in [-0.2, -0.15) is 0 Å². The molecule has 0 amide bonds. The summed E-state index contributed by atoms with van der Waals surface area (Å²) in [6.45, 7) is 2.82. The smallest absolute Gasteiger partial charge is 0.138 e. The van der Waals surface area contributed by atoms with Gasteiger partial charge >= 0.3 is 0 Å². The van der Waals surface area contributed by atoms with E-state index in [0.717, 1.165) is 0 Å². The van der Waals surface area contributed by atoms with Crippen molar-refractivity contribution < 1.29 is 14.6 Å². The van der Waals surface area contributed by atoms with Crippen molar-refractivity contribution in [2.24, 2.45) is 0 Å². The Hall–Kier alpha value is -0.480. The van der Waals surface area contributed by atoms with E-state index in [1.165, 1.54) is 0 Å². The third-order valence-corrected chi connectivity index (χ3v) is 2.37. The summed E-state index contributed by atoms with van der Waals surface area (Å²) in [5.41, 5.74) is 0. The van der Waals surface area contributed by atoms with Crippen LogP contribution in [0.5, 0.6) is 5.75 Å². The van der Waals surface area contributed by atoms with Gasteiger partial charge in [-0.15, -0.1) is 0 Å². The Morgan fingerprint density at radius 2 is 2.06 bits per heavy atom. The molecule has 16 heavy (non-hydrogen) atoms. The molecule has 1 aromatic carbocycles. The maximum absolute atomic E-state index is 9.47. The van der Waals surface area contributed by atoms with E-state index in [1.807, 2.05) is 6.92 Å². The number of hydrogen-bond donors (Lipinski definition) is 1. The molecule has 0 saturated carbocycles. The van der Waals surface area contributed by atoms with Crippen LogP contribution in [0, 0.1) is 0 Å². The lowest BCUT2D eigenvalue weighted by Crippen LogP contribution is -2.23. The molecule has 0 aliphatic carbocycles. The second kappa shape index (κ2) is 6.97. The minimum atomic E-state index is -0.660. The lowest BCUT2D eigenvalue weighted by molar-refractivity contribution is 0.0165. The van der Waals surface area contributed by atoms with Crippen LogP contribution < -0.4 is 4.74 Å². The summed E-state index contributed by atoms with van der Waals surface area (Å²) in [6.07, 6.45) is -0.660. The summed E-state index contributed by atoms with van der Waals surface area (Å²) >= 11 is 11.6. The fourth-order valence-electron chi connectivity index (χ4n) is 1.08. The van der Waals surface area contributed by atoms with Crippen molar-refractivity contribution in [3.05, 3.63) is 28.2 Å². The minimum absolute atomic E-state index is 0.140. The molecule has 0 spiro atoms. The normalized spacial score (nSPS) is 12.5. The van der Waals surface area contributed by atoms with Gasteiger partial charge in [0.1, 0.15) is 18.5 Å². The van der Waals surface area contributed by atoms with Gasteiger partial charge in [0.05, 0.1) is 11.6 Å². The van der Waals surface area contributed by atoms with E-state index >= 15 is 0 Å². The Bertz CT molecular complexity index is 331. The molecule has 0 heterocycles. The van der Waals surface area contributed by atoms with Gasteiger partial charge in [0.2, 0.25) is 0 Å². The third-order valence-electron chi connectivity index (χ3n) is 1.84. The molecule has 1 N–H and O–H groups in total. The number of aliphatic hydroxyl groups is 1. The highest BCUT2D eigenvalue weighted by atomic mass is 35.5. The second-order valence-electron chi connectivity index (χ2n) is 3.20. The molecule has 0 bridgehead atoms. The second-order valence-corrected chi connectivity index (χ2v) is 4.04. The molecule has 0 saturated heterocycles. The average Bonchev–Trinajstić information content (AvgIpc) is 2.25. The van der Waals surface area contributed by atoms with Crippen LogP contribution >= 0.6 is 23.2 Å². The molecule has 0 aromatic heterocycles. The first-order valence-electron chi connectivity index (χ1n) is 4.97. The van der Waals surface area contributed by atoms with Crippen LogP contribution in [0.3, 0.4) is 0 Å². The van der Waals surface area contributed by atoms with Crippen LogP contribution in [0.4, 0.5) is 0 Å². The van der Waals surface area contributed by atoms with Gasteiger partial charge < -0.3 is 14.6 Å². The fraction of sp³-hybridized carbons (Fsp3) is 0.455. The van der Waals surface area contributed by atoms with Gasteiger partial charge in [-0.05, 0) is 25.1 Å².